The van der Waals surface area contributed by atoms with E-state index in [1.54, 1.807) is 11.9 Å². The largest absolute Gasteiger partial charge is 0.494 e. The minimum Gasteiger partial charge on any atom is -0.494 e. The van der Waals surface area contributed by atoms with Crippen LogP contribution in [-0.4, -0.2) is 45.0 Å². The van der Waals surface area contributed by atoms with Crippen molar-refractivity contribution in [1.29, 1.82) is 0 Å². The molecule has 7 heteroatoms. The van der Waals surface area contributed by atoms with Gasteiger partial charge in [0.15, 0.2) is 5.16 Å². The van der Waals surface area contributed by atoms with E-state index in [1.165, 1.54) is 11.8 Å². The minimum atomic E-state index is 0.0598. The van der Waals surface area contributed by atoms with Gasteiger partial charge in [-0.05, 0) is 31.5 Å². The first-order chi connectivity index (χ1) is 11.0. The number of ether oxygens (including phenoxy) is 1. The number of carbonyl (C=O) groups excluding carboxylic acids is 1. The molecule has 0 saturated heterocycles. The van der Waals surface area contributed by atoms with E-state index in [0.717, 1.165) is 22.3 Å². The maximum Gasteiger partial charge on any atom is 0.233 e. The molecule has 2 rings (SSSR count). The van der Waals surface area contributed by atoms with Crippen LogP contribution >= 0.6 is 11.8 Å². The Hall–Kier alpha value is -2.02. The van der Waals surface area contributed by atoms with Crippen molar-refractivity contribution in [2.45, 2.75) is 25.5 Å². The number of hydrogen-bond donors (Lipinski definition) is 0. The van der Waals surface area contributed by atoms with E-state index in [1.807, 2.05) is 49.7 Å². The molecule has 1 aromatic carbocycles. The second kappa shape index (κ2) is 8.01. The van der Waals surface area contributed by atoms with Crippen molar-refractivity contribution in [3.63, 3.8) is 0 Å². The lowest BCUT2D eigenvalue weighted by molar-refractivity contribution is -0.127. The standard InChI is InChI=1S/C16H22N4O2S/c1-5-22-14-8-6-13(7-9-14)10-19(3)15(21)11-23-16-18-17-12(2)20(16)4/h6-9H,5,10-11H2,1-4H3. The summed E-state index contributed by atoms with van der Waals surface area (Å²) < 4.78 is 7.29. The van der Waals surface area contributed by atoms with E-state index in [0.29, 0.717) is 18.9 Å². The van der Waals surface area contributed by atoms with Crippen LogP contribution in [0.25, 0.3) is 0 Å². The number of rotatable bonds is 7. The summed E-state index contributed by atoms with van der Waals surface area (Å²) in [6.45, 7) is 5.06. The number of aromatic nitrogens is 3. The number of carbonyl (C=O) groups is 1. The molecule has 0 saturated carbocycles. The first-order valence-electron chi connectivity index (χ1n) is 7.45. The van der Waals surface area contributed by atoms with Crippen molar-refractivity contribution in [3.8, 4) is 5.75 Å². The molecule has 0 unspecified atom stereocenters. The molecule has 0 aliphatic carbocycles. The van der Waals surface area contributed by atoms with Crippen molar-refractivity contribution in [1.82, 2.24) is 19.7 Å². The average molecular weight is 334 g/mol. The summed E-state index contributed by atoms with van der Waals surface area (Å²) in [6, 6.07) is 7.81. The molecule has 1 amide bonds. The highest BCUT2D eigenvalue weighted by molar-refractivity contribution is 7.99. The van der Waals surface area contributed by atoms with E-state index in [4.69, 9.17) is 4.74 Å². The Balaban J connectivity index is 1.85. The number of hydrogen-bond acceptors (Lipinski definition) is 5. The number of aryl methyl sites for hydroxylation is 1. The third-order valence-electron chi connectivity index (χ3n) is 3.46. The quantitative estimate of drug-likeness (QED) is 0.727. The lowest BCUT2D eigenvalue weighted by Crippen LogP contribution is -2.27. The van der Waals surface area contributed by atoms with E-state index in [2.05, 4.69) is 10.2 Å². The molecular formula is C16H22N4O2S. The maximum atomic E-state index is 12.2. The van der Waals surface area contributed by atoms with Gasteiger partial charge in [-0.1, -0.05) is 23.9 Å². The SMILES string of the molecule is CCOc1ccc(CN(C)C(=O)CSc2nnc(C)n2C)cc1. The zero-order chi connectivity index (χ0) is 16.8. The number of nitrogens with zero attached hydrogens (tertiary/aromatic N) is 4. The molecule has 0 fully saturated rings. The first kappa shape index (κ1) is 17.3. The second-order valence-corrected chi connectivity index (χ2v) is 6.15. The van der Waals surface area contributed by atoms with Crippen LogP contribution in [0.5, 0.6) is 5.75 Å². The maximum absolute atomic E-state index is 12.2. The van der Waals surface area contributed by atoms with Gasteiger partial charge in [-0.15, -0.1) is 10.2 Å². The highest BCUT2D eigenvalue weighted by Gasteiger charge is 2.13. The molecule has 1 aromatic heterocycles. The third kappa shape index (κ3) is 4.72. The Morgan fingerprint density at radius 1 is 1.30 bits per heavy atom. The van der Waals surface area contributed by atoms with Crippen LogP contribution in [0.15, 0.2) is 29.4 Å². The number of thioether (sulfide) groups is 1. The normalized spacial score (nSPS) is 10.6. The average Bonchev–Trinajstić information content (AvgIpc) is 2.86. The Morgan fingerprint density at radius 3 is 2.57 bits per heavy atom. The van der Waals surface area contributed by atoms with Gasteiger partial charge in [0.25, 0.3) is 0 Å². The highest BCUT2D eigenvalue weighted by Crippen LogP contribution is 2.17. The highest BCUT2D eigenvalue weighted by atomic mass is 32.2. The van der Waals surface area contributed by atoms with Crippen molar-refractivity contribution in [3.05, 3.63) is 35.7 Å². The molecule has 0 aliphatic heterocycles. The summed E-state index contributed by atoms with van der Waals surface area (Å²) in [5, 5.41) is 8.79. The van der Waals surface area contributed by atoms with Crippen LogP contribution in [0.4, 0.5) is 0 Å². The topological polar surface area (TPSA) is 60.2 Å². The summed E-state index contributed by atoms with van der Waals surface area (Å²) in [5.41, 5.74) is 1.07. The Labute approximate surface area is 140 Å². The van der Waals surface area contributed by atoms with Gasteiger partial charge in [-0.3, -0.25) is 4.79 Å². The molecule has 124 valence electrons. The van der Waals surface area contributed by atoms with E-state index < -0.39 is 0 Å². The molecule has 23 heavy (non-hydrogen) atoms. The second-order valence-electron chi connectivity index (χ2n) is 5.20. The van der Waals surface area contributed by atoms with Gasteiger partial charge in [-0.25, -0.2) is 0 Å². The molecule has 0 bridgehead atoms. The molecule has 2 aromatic rings. The fourth-order valence-electron chi connectivity index (χ4n) is 1.97. The molecule has 6 nitrogen and oxygen atoms in total. The lowest BCUT2D eigenvalue weighted by Gasteiger charge is -2.17. The van der Waals surface area contributed by atoms with E-state index in [9.17, 15) is 4.79 Å². The Kier molecular flexibility index (Phi) is 6.04. The smallest absolute Gasteiger partial charge is 0.233 e. The van der Waals surface area contributed by atoms with E-state index >= 15 is 0 Å². The summed E-state index contributed by atoms with van der Waals surface area (Å²) in [7, 11) is 3.70. The van der Waals surface area contributed by atoms with Gasteiger partial charge in [0, 0.05) is 20.6 Å². The third-order valence-corrected chi connectivity index (χ3v) is 4.46. The van der Waals surface area contributed by atoms with E-state index in [-0.39, 0.29) is 5.91 Å². The molecule has 0 atom stereocenters. The van der Waals surface area contributed by atoms with Gasteiger partial charge in [0.2, 0.25) is 5.91 Å². The Morgan fingerprint density at radius 2 is 2.00 bits per heavy atom. The number of benzene rings is 1. The van der Waals surface area contributed by atoms with Crippen molar-refractivity contribution >= 4 is 17.7 Å². The fraction of sp³-hybridized carbons (Fsp3) is 0.438. The monoisotopic (exact) mass is 334 g/mol. The zero-order valence-corrected chi connectivity index (χ0v) is 14.8. The summed E-state index contributed by atoms with van der Waals surface area (Å²) in [6.07, 6.45) is 0. The van der Waals surface area contributed by atoms with Gasteiger partial charge in [0.1, 0.15) is 11.6 Å². The Bertz CT molecular complexity index is 655. The van der Waals surface area contributed by atoms with Crippen LogP contribution in [-0.2, 0) is 18.4 Å². The first-order valence-corrected chi connectivity index (χ1v) is 8.44. The van der Waals surface area contributed by atoms with Crippen LogP contribution < -0.4 is 4.74 Å². The summed E-state index contributed by atoms with van der Waals surface area (Å²) in [5.74, 6) is 2.09. The van der Waals surface area contributed by atoms with Crippen LogP contribution in [0, 0.1) is 6.92 Å². The van der Waals surface area contributed by atoms with Crippen molar-refractivity contribution < 1.29 is 9.53 Å². The van der Waals surface area contributed by atoms with Crippen LogP contribution in [0.3, 0.4) is 0 Å². The molecule has 0 spiro atoms. The fourth-order valence-corrected chi connectivity index (χ4v) is 2.87. The van der Waals surface area contributed by atoms with Crippen LogP contribution in [0.2, 0.25) is 0 Å². The van der Waals surface area contributed by atoms with Gasteiger partial charge < -0.3 is 14.2 Å². The predicted octanol–water partition coefficient (Wildman–Crippen LogP) is 2.27. The van der Waals surface area contributed by atoms with Gasteiger partial charge in [0.05, 0.1) is 12.4 Å². The van der Waals surface area contributed by atoms with Gasteiger partial charge in [-0.2, -0.15) is 0 Å². The van der Waals surface area contributed by atoms with Gasteiger partial charge >= 0.3 is 0 Å². The van der Waals surface area contributed by atoms with Crippen molar-refractivity contribution in [2.75, 3.05) is 19.4 Å². The summed E-state index contributed by atoms with van der Waals surface area (Å²) >= 11 is 1.40. The molecule has 1 heterocycles. The van der Waals surface area contributed by atoms with Crippen molar-refractivity contribution in [2.24, 2.45) is 7.05 Å². The molecule has 0 aliphatic rings. The molecule has 0 N–H and O–H groups in total. The minimum absolute atomic E-state index is 0.0598. The zero-order valence-electron chi connectivity index (χ0n) is 13.9. The van der Waals surface area contributed by atoms with Crippen LogP contribution in [0.1, 0.15) is 18.3 Å². The summed E-state index contributed by atoms with van der Waals surface area (Å²) in [4.78, 5) is 13.9. The number of amides is 1. The predicted molar refractivity (Wildman–Crippen MR) is 90.5 cm³/mol. The molecule has 0 radical (unpaired) electrons. The lowest BCUT2D eigenvalue weighted by atomic mass is 10.2. The molecular weight excluding hydrogens is 312 g/mol.